The molecule has 10 heteroatoms. The lowest BCUT2D eigenvalue weighted by Gasteiger charge is -2.33. The predicted octanol–water partition coefficient (Wildman–Crippen LogP) is 5.35. The molecule has 4 aromatic rings. The van der Waals surface area contributed by atoms with Crippen molar-refractivity contribution < 1.29 is 17.9 Å². The quantitative estimate of drug-likeness (QED) is 0.405. The number of benzene rings is 1. The topological polar surface area (TPSA) is 79.8 Å². The summed E-state index contributed by atoms with van der Waals surface area (Å²) in [5.74, 6) is 0.693. The maximum absolute atomic E-state index is 13.1. The van der Waals surface area contributed by atoms with E-state index in [0.29, 0.717) is 25.3 Å². The van der Waals surface area contributed by atoms with Crippen LogP contribution >= 0.6 is 0 Å². The number of nitrogens with zero attached hydrogens (tertiary/aromatic N) is 5. The highest BCUT2D eigenvalue weighted by molar-refractivity contribution is 5.78. The second kappa shape index (κ2) is 8.18. The molecule has 0 fully saturated rings. The number of hydrogen-bond donors (Lipinski definition) is 1. The third-order valence-electron chi connectivity index (χ3n) is 6.99. The van der Waals surface area contributed by atoms with E-state index in [9.17, 15) is 13.2 Å². The third kappa shape index (κ3) is 4.14. The molecule has 0 atom stereocenters. The van der Waals surface area contributed by atoms with Gasteiger partial charge >= 0.3 is 6.18 Å². The second-order valence-electron chi connectivity index (χ2n) is 10.2. The minimum atomic E-state index is -4.55. The van der Waals surface area contributed by atoms with Crippen LogP contribution in [0.15, 0.2) is 36.8 Å². The Morgan fingerprint density at radius 2 is 1.94 bits per heavy atom. The zero-order chi connectivity index (χ0) is 25.1. The number of aromatic nitrogens is 5. The molecule has 2 aliphatic rings. The molecule has 4 heterocycles. The van der Waals surface area contributed by atoms with Crippen molar-refractivity contribution in [2.75, 3.05) is 18.1 Å². The molecule has 0 unspecified atom stereocenters. The van der Waals surface area contributed by atoms with Crippen LogP contribution < -0.4 is 9.64 Å². The molecule has 7 nitrogen and oxygen atoms in total. The van der Waals surface area contributed by atoms with Gasteiger partial charge in [0.1, 0.15) is 24.5 Å². The summed E-state index contributed by atoms with van der Waals surface area (Å²) in [6, 6.07) is 7.46. The minimum absolute atomic E-state index is 0.0341. The van der Waals surface area contributed by atoms with Gasteiger partial charge < -0.3 is 14.6 Å². The normalized spacial score (nSPS) is 17.3. The lowest BCUT2D eigenvalue weighted by atomic mass is 9.76. The first-order chi connectivity index (χ1) is 17.2. The van der Waals surface area contributed by atoms with E-state index in [-0.39, 0.29) is 16.6 Å². The molecule has 1 aliphatic carbocycles. The number of H-pyrrole nitrogens is 1. The molecule has 0 saturated carbocycles. The molecule has 1 N–H and O–H groups in total. The number of imidazole rings is 1. The Kier molecular flexibility index (Phi) is 5.17. The first kappa shape index (κ1) is 22.8. The van der Waals surface area contributed by atoms with Crippen molar-refractivity contribution in [2.45, 2.75) is 45.8 Å². The Bertz CT molecular complexity index is 1460. The van der Waals surface area contributed by atoms with Crippen LogP contribution in [0.2, 0.25) is 0 Å². The molecule has 0 radical (unpaired) electrons. The van der Waals surface area contributed by atoms with Gasteiger partial charge in [-0.2, -0.15) is 13.2 Å². The Hall–Kier alpha value is -3.69. The molecule has 0 spiro atoms. The highest BCUT2D eigenvalue weighted by atomic mass is 19.4. The summed E-state index contributed by atoms with van der Waals surface area (Å²) < 4.78 is 45.2. The van der Waals surface area contributed by atoms with Gasteiger partial charge in [-0.15, -0.1) is 0 Å². The first-order valence-corrected chi connectivity index (χ1v) is 11.9. The fourth-order valence-electron chi connectivity index (χ4n) is 5.08. The van der Waals surface area contributed by atoms with E-state index in [1.54, 1.807) is 18.6 Å². The van der Waals surface area contributed by atoms with Gasteiger partial charge in [-0.05, 0) is 48.4 Å². The molecule has 0 saturated heterocycles. The molecule has 1 aliphatic heterocycles. The molecule has 36 heavy (non-hydrogen) atoms. The maximum Gasteiger partial charge on any atom is 0.449 e. The van der Waals surface area contributed by atoms with Gasteiger partial charge in [0, 0.05) is 35.1 Å². The number of aryl methyl sites for hydroxylation is 1. The summed E-state index contributed by atoms with van der Waals surface area (Å²) in [6.45, 7) is 6.38. The van der Waals surface area contributed by atoms with Gasteiger partial charge in [-0.25, -0.2) is 19.9 Å². The van der Waals surface area contributed by atoms with Gasteiger partial charge in [0.2, 0.25) is 5.82 Å². The zero-order valence-electron chi connectivity index (χ0n) is 20.0. The molecular formula is C26H25F3N6O. The first-order valence-electron chi connectivity index (χ1n) is 11.9. The van der Waals surface area contributed by atoms with Crippen molar-refractivity contribution in [1.82, 2.24) is 24.9 Å². The van der Waals surface area contributed by atoms with Crippen molar-refractivity contribution in [3.63, 3.8) is 0 Å². The van der Waals surface area contributed by atoms with Crippen molar-refractivity contribution >= 4 is 17.0 Å². The van der Waals surface area contributed by atoms with Crippen molar-refractivity contribution in [1.29, 1.82) is 0 Å². The Balaban J connectivity index is 1.34. The Labute approximate surface area is 205 Å². The van der Waals surface area contributed by atoms with Crippen molar-refractivity contribution in [2.24, 2.45) is 5.41 Å². The monoisotopic (exact) mass is 494 g/mol. The standard InChI is InChI=1S/C26H25F3N6O/c1-25(2)6-5-19-18(11-25)23(32-14-31-19)35-7-8-36-21-4-3-15(9-17(21)13-35)16-10-20-22(30-12-16)34-24(33-20)26(27,28)29/h3-4,9-10,12,14H,5-8,11,13H2,1-2H3,(H,30,33,34). The van der Waals surface area contributed by atoms with Crippen molar-refractivity contribution in [3.05, 3.63) is 59.4 Å². The predicted molar refractivity (Wildman–Crippen MR) is 129 cm³/mol. The van der Waals surface area contributed by atoms with E-state index < -0.39 is 12.0 Å². The van der Waals surface area contributed by atoms with Gasteiger partial charge in [0.25, 0.3) is 0 Å². The molecule has 1 aromatic carbocycles. The molecule has 0 bridgehead atoms. The molecule has 3 aromatic heterocycles. The minimum Gasteiger partial charge on any atom is -0.491 e. The highest BCUT2D eigenvalue weighted by Crippen LogP contribution is 2.39. The largest absolute Gasteiger partial charge is 0.491 e. The van der Waals surface area contributed by atoms with Crippen LogP contribution in [-0.2, 0) is 25.6 Å². The number of rotatable bonds is 2. The van der Waals surface area contributed by atoms with Crippen LogP contribution in [0.3, 0.4) is 0 Å². The van der Waals surface area contributed by atoms with Crippen LogP contribution in [0.5, 0.6) is 5.75 Å². The summed E-state index contributed by atoms with van der Waals surface area (Å²) in [7, 11) is 0. The van der Waals surface area contributed by atoms with Gasteiger partial charge in [0.05, 0.1) is 12.1 Å². The average Bonchev–Trinajstić information content (AvgIpc) is 3.16. The van der Waals surface area contributed by atoms with Gasteiger partial charge in [-0.3, -0.25) is 0 Å². The molecular weight excluding hydrogens is 469 g/mol. The average molecular weight is 495 g/mol. The van der Waals surface area contributed by atoms with E-state index >= 15 is 0 Å². The van der Waals surface area contributed by atoms with E-state index in [4.69, 9.17) is 4.74 Å². The fraction of sp³-hybridized carbons (Fsp3) is 0.385. The zero-order valence-corrected chi connectivity index (χ0v) is 20.0. The van der Waals surface area contributed by atoms with Crippen LogP contribution in [-0.4, -0.2) is 38.1 Å². The lowest BCUT2D eigenvalue weighted by molar-refractivity contribution is -0.144. The number of nitrogens with one attached hydrogen (secondary N) is 1. The number of halogens is 3. The number of alkyl halides is 3. The van der Waals surface area contributed by atoms with Crippen LogP contribution in [0.25, 0.3) is 22.3 Å². The van der Waals surface area contributed by atoms with Crippen LogP contribution in [0.4, 0.5) is 19.0 Å². The fourth-order valence-corrected chi connectivity index (χ4v) is 5.08. The third-order valence-corrected chi connectivity index (χ3v) is 6.99. The van der Waals surface area contributed by atoms with Gasteiger partial charge in [0.15, 0.2) is 5.65 Å². The SMILES string of the molecule is CC1(C)CCc2ncnc(N3CCOc4ccc(-c5cnc6nc(C(F)(F)F)[nH]c6c5)cc4C3)c2C1. The number of aromatic amines is 1. The van der Waals surface area contributed by atoms with Gasteiger partial charge in [-0.1, -0.05) is 19.9 Å². The second-order valence-corrected chi connectivity index (χ2v) is 10.2. The summed E-state index contributed by atoms with van der Waals surface area (Å²) in [5, 5.41) is 0. The van der Waals surface area contributed by atoms with E-state index in [0.717, 1.165) is 47.7 Å². The number of hydrogen-bond acceptors (Lipinski definition) is 6. The summed E-state index contributed by atoms with van der Waals surface area (Å²) >= 11 is 0. The summed E-state index contributed by atoms with van der Waals surface area (Å²) in [6.07, 6.45) is 1.62. The number of ether oxygens (including phenoxy) is 1. The van der Waals surface area contributed by atoms with Crippen LogP contribution in [0.1, 0.15) is 42.9 Å². The number of pyridine rings is 1. The van der Waals surface area contributed by atoms with E-state index in [1.807, 2.05) is 18.2 Å². The Morgan fingerprint density at radius 3 is 2.78 bits per heavy atom. The maximum atomic E-state index is 13.1. The molecule has 6 rings (SSSR count). The van der Waals surface area contributed by atoms with E-state index in [2.05, 4.69) is 43.7 Å². The lowest BCUT2D eigenvalue weighted by Crippen LogP contribution is -2.31. The highest BCUT2D eigenvalue weighted by Gasteiger charge is 2.35. The molecule has 186 valence electrons. The summed E-state index contributed by atoms with van der Waals surface area (Å²) in [4.78, 5) is 21.5. The molecule has 0 amide bonds. The number of fused-ring (bicyclic) bond motifs is 3. The smallest absolute Gasteiger partial charge is 0.449 e. The summed E-state index contributed by atoms with van der Waals surface area (Å²) in [5.41, 5.74) is 5.31. The van der Waals surface area contributed by atoms with E-state index in [1.165, 1.54) is 5.56 Å². The van der Waals surface area contributed by atoms with Crippen LogP contribution in [0, 0.1) is 5.41 Å². The number of anilines is 1. The van der Waals surface area contributed by atoms with Crippen molar-refractivity contribution in [3.8, 4) is 16.9 Å². The Morgan fingerprint density at radius 1 is 1.08 bits per heavy atom.